The number of aliphatic carboxylic acids is 2. The van der Waals surface area contributed by atoms with E-state index in [4.69, 9.17) is 10.6 Å². The minimum absolute atomic E-state index is 0.0157. The highest BCUT2D eigenvalue weighted by molar-refractivity contribution is 8.00. The number of phenols is 2. The third-order valence-corrected chi connectivity index (χ3v) is 12.0. The smallest absolute Gasteiger partial charge is 0.276 e. The molecule has 2 aromatic heterocycles. The number of aromatic hydroxyl groups is 2. The summed E-state index contributed by atoms with van der Waals surface area (Å²) in [7, 11) is 0. The molecule has 292 valence electrons. The summed E-state index contributed by atoms with van der Waals surface area (Å²) in [5.41, 5.74) is 2.86. The van der Waals surface area contributed by atoms with Gasteiger partial charge in [-0.15, -0.1) is 23.1 Å². The molecule has 3 amide bonds. The Morgan fingerprint density at radius 1 is 1.16 bits per heavy atom. The first kappa shape index (κ1) is 39.0. The SMILES string of the molecule is C[C@@H]1S[C@@H]2[C@H](NC(=O)/C(=N\OC(C)(C)C(=O)[O-])c3csc(N)n3)C(=O)N2C(C(=O)[O-])=C1C[N+]1(CCNC(=O)c2c[nH]c3cc(O)c(O)cc3c2=O)CCCC1. The maximum atomic E-state index is 13.6. The number of anilines is 1. The molecule has 0 saturated carbocycles. The fourth-order valence-corrected chi connectivity index (χ4v) is 8.79. The molecule has 21 heteroatoms. The number of rotatable bonds is 13. The molecule has 0 spiro atoms. The number of hydrogen-bond donors (Lipinski definition) is 6. The Labute approximate surface area is 320 Å². The summed E-state index contributed by atoms with van der Waals surface area (Å²) in [4.78, 5) is 90.4. The second-order valence-electron chi connectivity index (χ2n) is 13.9. The minimum Gasteiger partial charge on any atom is -0.546 e. The van der Waals surface area contributed by atoms with Crippen molar-refractivity contribution in [3.8, 4) is 11.5 Å². The third kappa shape index (κ3) is 7.54. The van der Waals surface area contributed by atoms with Crippen molar-refractivity contribution in [2.75, 3.05) is 38.5 Å². The van der Waals surface area contributed by atoms with Crippen LogP contribution in [0, 0.1) is 0 Å². The number of carboxylic acid groups (broad SMARTS) is 2. The van der Waals surface area contributed by atoms with E-state index in [1.165, 1.54) is 29.4 Å². The largest absolute Gasteiger partial charge is 0.546 e. The van der Waals surface area contributed by atoms with Gasteiger partial charge in [0.05, 0.1) is 54.7 Å². The number of likely N-dealkylation sites (tertiary alicyclic amines) is 1. The molecule has 3 aliphatic rings. The number of carbonyl (C=O) groups excluding carboxylic acids is 5. The number of quaternary nitrogens is 1. The standard InChI is InChI=1S/C34H38N8O11S2/c1-15-18(13-42(7-4-5-8-42)9-6-36-27(46)17-12-37-19-11-22(44)21(43)10-16(19)26(17)45)25(31(49)50)41-29(48)24(30(41)55-15)39-28(47)23(20-14-54-33(35)38-20)40-53-34(2,3)32(51)52/h10-12,14-15,24,30H,4-9,13H2,1-3H3,(H8-,35,36,37,38,39,40,43,44,45,46,47,49,50,51,52)/p-1/t15-,24+,30+/m0/s1. The minimum atomic E-state index is -1.93. The molecule has 2 fully saturated rings. The Morgan fingerprint density at radius 3 is 2.49 bits per heavy atom. The van der Waals surface area contributed by atoms with Crippen LogP contribution in [0.1, 0.15) is 49.7 Å². The van der Waals surface area contributed by atoms with Crippen LogP contribution in [-0.4, -0.2) is 120 Å². The number of nitrogen functional groups attached to an aromatic ring is 1. The van der Waals surface area contributed by atoms with Gasteiger partial charge in [0.2, 0.25) is 5.43 Å². The average Bonchev–Trinajstić information content (AvgIpc) is 3.77. The van der Waals surface area contributed by atoms with Crippen molar-refractivity contribution in [3.63, 3.8) is 0 Å². The van der Waals surface area contributed by atoms with Gasteiger partial charge in [0.15, 0.2) is 27.9 Å². The van der Waals surface area contributed by atoms with Gasteiger partial charge < -0.3 is 60.7 Å². The molecule has 3 atom stereocenters. The molecule has 1 aromatic carbocycles. The number of nitrogens with two attached hydrogens (primary N) is 1. The first-order chi connectivity index (χ1) is 25.9. The number of aromatic amines is 1. The molecule has 19 nitrogen and oxygen atoms in total. The maximum absolute atomic E-state index is 13.6. The molecule has 0 bridgehead atoms. The highest BCUT2D eigenvalue weighted by atomic mass is 32.2. The number of benzene rings is 1. The lowest BCUT2D eigenvalue weighted by Crippen LogP contribution is -2.72. The van der Waals surface area contributed by atoms with Crippen LogP contribution in [0.3, 0.4) is 0 Å². The van der Waals surface area contributed by atoms with Gasteiger partial charge in [-0.05, 0) is 26.8 Å². The monoisotopic (exact) mass is 797 g/mol. The second kappa shape index (κ2) is 14.9. The summed E-state index contributed by atoms with van der Waals surface area (Å²) < 4.78 is 0.393. The molecule has 55 heavy (non-hydrogen) atoms. The lowest BCUT2D eigenvalue weighted by molar-refractivity contribution is -0.911. The Kier molecular flexibility index (Phi) is 10.6. The fourth-order valence-electron chi connectivity index (χ4n) is 6.80. The molecule has 3 aliphatic heterocycles. The Bertz CT molecular complexity index is 2230. The van der Waals surface area contributed by atoms with Crippen LogP contribution in [0.4, 0.5) is 5.13 Å². The summed E-state index contributed by atoms with van der Waals surface area (Å²) >= 11 is 2.25. The molecule has 3 aromatic rings. The van der Waals surface area contributed by atoms with E-state index in [1.54, 1.807) is 6.92 Å². The molecule has 0 aliphatic carbocycles. The Morgan fingerprint density at radius 2 is 1.85 bits per heavy atom. The topological polar surface area (TPSA) is 293 Å². The van der Waals surface area contributed by atoms with Crippen LogP contribution in [0.5, 0.6) is 11.5 Å². The van der Waals surface area contributed by atoms with Gasteiger partial charge in [-0.25, -0.2) is 4.98 Å². The van der Waals surface area contributed by atoms with Crippen LogP contribution in [0.25, 0.3) is 10.9 Å². The van der Waals surface area contributed by atoms with Crippen LogP contribution in [0.2, 0.25) is 0 Å². The van der Waals surface area contributed by atoms with Gasteiger partial charge in [-0.1, -0.05) is 5.16 Å². The summed E-state index contributed by atoms with van der Waals surface area (Å²) in [6.45, 7) is 6.17. The molecule has 7 N–H and O–H groups in total. The first-order valence-electron chi connectivity index (χ1n) is 17.1. The van der Waals surface area contributed by atoms with Crippen LogP contribution in [-0.2, 0) is 24.0 Å². The zero-order valence-corrected chi connectivity index (χ0v) is 31.4. The summed E-state index contributed by atoms with van der Waals surface area (Å²) in [6.07, 6.45) is 2.89. The zero-order chi connectivity index (χ0) is 40.0. The number of carboxylic acids is 2. The van der Waals surface area contributed by atoms with Gasteiger partial charge >= 0.3 is 0 Å². The van der Waals surface area contributed by atoms with E-state index in [0.29, 0.717) is 29.7 Å². The number of thioether (sulfide) groups is 1. The van der Waals surface area contributed by atoms with E-state index in [2.05, 4.69) is 25.8 Å². The van der Waals surface area contributed by atoms with Crippen molar-refractivity contribution in [2.24, 2.45) is 5.16 Å². The fraction of sp³-hybridized carbons (Fsp3) is 0.412. The number of nitrogens with one attached hydrogen (secondary N) is 3. The first-order valence-corrected chi connectivity index (χ1v) is 18.9. The van der Waals surface area contributed by atoms with Crippen molar-refractivity contribution in [3.05, 3.63) is 56.5 Å². The molecule has 2 saturated heterocycles. The quantitative estimate of drug-likeness (QED) is 0.0361. The summed E-state index contributed by atoms with van der Waals surface area (Å²) in [6, 6.07) is 1.06. The predicted octanol–water partition coefficient (Wildman–Crippen LogP) is -1.94. The average molecular weight is 798 g/mol. The van der Waals surface area contributed by atoms with E-state index in [-0.39, 0.29) is 46.1 Å². The predicted molar refractivity (Wildman–Crippen MR) is 194 cm³/mol. The number of thiazole rings is 1. The Balaban J connectivity index is 1.18. The highest BCUT2D eigenvalue weighted by Crippen LogP contribution is 2.45. The van der Waals surface area contributed by atoms with Crippen molar-refractivity contribution in [1.29, 1.82) is 0 Å². The normalized spacial score (nSPS) is 20.9. The lowest BCUT2D eigenvalue weighted by atomic mass is 9.99. The number of β-lactam (4-membered cyclic amide) rings is 1. The van der Waals surface area contributed by atoms with E-state index in [9.17, 15) is 49.2 Å². The van der Waals surface area contributed by atoms with Gasteiger partial charge in [0, 0.05) is 41.3 Å². The zero-order valence-electron chi connectivity index (χ0n) is 29.7. The number of H-pyrrole nitrogens is 1. The molecule has 6 rings (SSSR count). The number of fused-ring (bicyclic) bond motifs is 2. The number of carbonyl (C=O) groups is 5. The number of nitrogens with zero attached hydrogens (tertiary/aromatic N) is 4. The van der Waals surface area contributed by atoms with E-state index in [0.717, 1.165) is 49.0 Å². The number of oxime groups is 1. The molecular weight excluding hydrogens is 761 g/mol. The number of aromatic nitrogens is 2. The van der Waals surface area contributed by atoms with Crippen LogP contribution < -0.4 is 32.0 Å². The summed E-state index contributed by atoms with van der Waals surface area (Å²) in [5, 5.41) is 53.0. The molecule has 0 unspecified atom stereocenters. The Hall–Kier alpha value is -5.67. The highest BCUT2D eigenvalue weighted by Gasteiger charge is 2.55. The van der Waals surface area contributed by atoms with Gasteiger partial charge in [0.25, 0.3) is 17.7 Å². The summed E-state index contributed by atoms with van der Waals surface area (Å²) in [5.74, 6) is -6.42. The number of phenolic OH excluding ortho intramolecular Hbond substituents is 2. The second-order valence-corrected chi connectivity index (χ2v) is 16.3. The number of hydrogen-bond acceptors (Lipinski definition) is 16. The lowest BCUT2D eigenvalue weighted by Gasteiger charge is -2.53. The molecular formula is C34H37N8O11S2-. The molecule has 0 radical (unpaired) electrons. The van der Waals surface area contributed by atoms with Crippen molar-refractivity contribution >= 4 is 74.5 Å². The third-order valence-electron chi connectivity index (χ3n) is 9.85. The number of pyridine rings is 1. The van der Waals surface area contributed by atoms with Crippen molar-refractivity contribution in [2.45, 2.75) is 55.9 Å². The van der Waals surface area contributed by atoms with Crippen molar-refractivity contribution in [1.82, 2.24) is 25.5 Å². The molecule has 5 heterocycles. The van der Waals surface area contributed by atoms with Crippen molar-refractivity contribution < 1.29 is 53.7 Å². The number of amides is 3. The van der Waals surface area contributed by atoms with E-state index >= 15 is 0 Å². The van der Waals surface area contributed by atoms with E-state index < -0.39 is 74.6 Å². The van der Waals surface area contributed by atoms with Crippen LogP contribution in [0.15, 0.2) is 44.9 Å². The van der Waals surface area contributed by atoms with Gasteiger partial charge in [-0.2, -0.15) is 0 Å². The van der Waals surface area contributed by atoms with E-state index in [1.807, 2.05) is 0 Å². The van der Waals surface area contributed by atoms with Gasteiger partial charge in [-0.3, -0.25) is 24.1 Å². The van der Waals surface area contributed by atoms with Crippen LogP contribution >= 0.6 is 23.1 Å². The maximum Gasteiger partial charge on any atom is 0.276 e. The van der Waals surface area contributed by atoms with Gasteiger partial charge in [0.1, 0.15) is 29.2 Å².